The molecule has 0 unspecified atom stereocenters. The molecule has 0 saturated heterocycles. The van der Waals surface area contributed by atoms with Crippen LogP contribution in [0.2, 0.25) is 0 Å². The third-order valence-electron chi connectivity index (χ3n) is 5.03. The van der Waals surface area contributed by atoms with Gasteiger partial charge in [0.25, 0.3) is 11.8 Å². The Morgan fingerprint density at radius 1 is 1.18 bits per heavy atom. The van der Waals surface area contributed by atoms with E-state index in [0.717, 1.165) is 22.6 Å². The maximum atomic E-state index is 12.7. The van der Waals surface area contributed by atoms with Crippen molar-refractivity contribution in [3.63, 3.8) is 0 Å². The molecule has 1 aromatic carbocycles. The van der Waals surface area contributed by atoms with Gasteiger partial charge in [0.2, 0.25) is 0 Å². The smallest absolute Gasteiger partial charge is 0.264 e. The summed E-state index contributed by atoms with van der Waals surface area (Å²) in [6.45, 7) is 1.78. The van der Waals surface area contributed by atoms with Crippen molar-refractivity contribution in [3.8, 4) is 0 Å². The highest BCUT2D eigenvalue weighted by Crippen LogP contribution is 2.24. The monoisotopic (exact) mass is 394 g/mol. The fourth-order valence-electron chi connectivity index (χ4n) is 3.59. The Morgan fingerprint density at radius 3 is 2.75 bits per heavy atom. The van der Waals surface area contributed by atoms with E-state index in [9.17, 15) is 9.59 Å². The van der Waals surface area contributed by atoms with Crippen LogP contribution in [0, 0.1) is 0 Å². The highest BCUT2D eigenvalue weighted by Gasteiger charge is 2.27. The van der Waals surface area contributed by atoms with E-state index in [2.05, 4.69) is 10.4 Å². The van der Waals surface area contributed by atoms with Gasteiger partial charge in [-0.25, -0.2) is 0 Å². The summed E-state index contributed by atoms with van der Waals surface area (Å²) in [5, 5.41) is 9.53. The summed E-state index contributed by atoms with van der Waals surface area (Å²) in [7, 11) is 1.95. The van der Waals surface area contributed by atoms with Crippen molar-refractivity contribution in [2.24, 2.45) is 7.05 Å². The first-order valence-corrected chi connectivity index (χ1v) is 10.2. The number of amides is 2. The van der Waals surface area contributed by atoms with Crippen LogP contribution >= 0.6 is 11.3 Å². The second-order valence-corrected chi connectivity index (χ2v) is 7.77. The molecule has 1 aliphatic rings. The van der Waals surface area contributed by atoms with E-state index in [1.807, 2.05) is 52.3 Å². The van der Waals surface area contributed by atoms with Crippen LogP contribution < -0.4 is 5.32 Å². The average molecular weight is 395 g/mol. The Bertz CT molecular complexity index is 980. The maximum Gasteiger partial charge on any atom is 0.264 e. The predicted molar refractivity (Wildman–Crippen MR) is 108 cm³/mol. The molecule has 1 aliphatic heterocycles. The lowest BCUT2D eigenvalue weighted by Crippen LogP contribution is -2.36. The SMILES string of the molecule is Cn1nc(CCNC(=O)c2ccccc2)c2c1CCN(C(=O)c1cccs1)C2. The molecule has 0 bridgehead atoms. The van der Waals surface area contributed by atoms with Crippen molar-refractivity contribution in [3.05, 3.63) is 75.2 Å². The molecule has 0 saturated carbocycles. The standard InChI is InChI=1S/C21H22N4O2S/c1-24-18-10-12-25(21(27)19-8-5-13-28-19)14-16(18)17(23-24)9-11-22-20(26)15-6-3-2-4-7-15/h2-8,13H,9-12,14H2,1H3,(H,22,26). The topological polar surface area (TPSA) is 67.2 Å². The molecule has 28 heavy (non-hydrogen) atoms. The van der Waals surface area contributed by atoms with Crippen LogP contribution in [0.3, 0.4) is 0 Å². The Morgan fingerprint density at radius 2 is 2.00 bits per heavy atom. The molecule has 0 aliphatic carbocycles. The van der Waals surface area contributed by atoms with Crippen LogP contribution in [0.1, 0.15) is 37.0 Å². The average Bonchev–Trinajstić information content (AvgIpc) is 3.37. The summed E-state index contributed by atoms with van der Waals surface area (Å²) in [4.78, 5) is 27.6. The number of fused-ring (bicyclic) bond motifs is 1. The minimum Gasteiger partial charge on any atom is -0.352 e. The van der Waals surface area contributed by atoms with E-state index < -0.39 is 0 Å². The quantitative estimate of drug-likeness (QED) is 0.723. The van der Waals surface area contributed by atoms with Gasteiger partial charge in [-0.05, 0) is 23.6 Å². The molecule has 0 atom stereocenters. The first-order chi connectivity index (χ1) is 13.6. The summed E-state index contributed by atoms with van der Waals surface area (Å²) < 4.78 is 1.91. The number of carbonyl (C=O) groups is 2. The molecule has 0 spiro atoms. The molecule has 2 amide bonds. The van der Waals surface area contributed by atoms with E-state index in [1.54, 1.807) is 12.1 Å². The zero-order chi connectivity index (χ0) is 19.5. The summed E-state index contributed by atoms with van der Waals surface area (Å²) in [5.74, 6) is -0.00673. The zero-order valence-electron chi connectivity index (χ0n) is 15.7. The summed E-state index contributed by atoms with van der Waals surface area (Å²) >= 11 is 1.47. The molecule has 2 aromatic heterocycles. The number of carbonyl (C=O) groups excluding carboxylic acids is 2. The molecule has 7 heteroatoms. The number of thiophene rings is 1. The number of hydrogen-bond acceptors (Lipinski definition) is 4. The third kappa shape index (κ3) is 3.71. The Kier molecular flexibility index (Phi) is 5.25. The van der Waals surface area contributed by atoms with Gasteiger partial charge in [0.05, 0.1) is 10.6 Å². The van der Waals surface area contributed by atoms with Crippen LogP contribution in [0.25, 0.3) is 0 Å². The number of nitrogens with zero attached hydrogens (tertiary/aromatic N) is 3. The van der Waals surface area contributed by atoms with E-state index in [1.165, 1.54) is 17.0 Å². The lowest BCUT2D eigenvalue weighted by molar-refractivity contribution is 0.0738. The fraction of sp³-hybridized carbons (Fsp3) is 0.286. The highest BCUT2D eigenvalue weighted by molar-refractivity contribution is 7.12. The largest absolute Gasteiger partial charge is 0.352 e. The van der Waals surface area contributed by atoms with Gasteiger partial charge in [0.1, 0.15) is 0 Å². The zero-order valence-corrected chi connectivity index (χ0v) is 16.5. The van der Waals surface area contributed by atoms with Gasteiger partial charge in [0.15, 0.2) is 0 Å². The van der Waals surface area contributed by atoms with Crippen molar-refractivity contribution in [1.29, 1.82) is 0 Å². The molecular formula is C21H22N4O2S. The van der Waals surface area contributed by atoms with Gasteiger partial charge < -0.3 is 10.2 Å². The van der Waals surface area contributed by atoms with Crippen LogP contribution in [0.4, 0.5) is 0 Å². The van der Waals surface area contributed by atoms with Gasteiger partial charge in [0, 0.05) is 56.3 Å². The first-order valence-electron chi connectivity index (χ1n) is 9.33. The number of nitrogens with one attached hydrogen (secondary N) is 1. The Labute approximate surface area is 167 Å². The van der Waals surface area contributed by atoms with Gasteiger partial charge in [-0.2, -0.15) is 5.10 Å². The summed E-state index contributed by atoms with van der Waals surface area (Å²) in [6.07, 6.45) is 1.44. The molecule has 3 heterocycles. The number of aryl methyl sites for hydroxylation is 1. The van der Waals surface area contributed by atoms with Crippen molar-refractivity contribution in [1.82, 2.24) is 20.0 Å². The molecular weight excluding hydrogens is 372 g/mol. The highest BCUT2D eigenvalue weighted by atomic mass is 32.1. The minimum atomic E-state index is -0.0834. The molecule has 1 N–H and O–H groups in total. The van der Waals surface area contributed by atoms with Crippen molar-refractivity contribution < 1.29 is 9.59 Å². The molecule has 144 valence electrons. The minimum absolute atomic E-state index is 0.0767. The van der Waals surface area contributed by atoms with E-state index >= 15 is 0 Å². The number of hydrogen-bond donors (Lipinski definition) is 1. The van der Waals surface area contributed by atoms with Crippen molar-refractivity contribution in [2.75, 3.05) is 13.1 Å². The third-order valence-corrected chi connectivity index (χ3v) is 5.89. The van der Waals surface area contributed by atoms with E-state index in [-0.39, 0.29) is 11.8 Å². The number of aromatic nitrogens is 2. The fourth-order valence-corrected chi connectivity index (χ4v) is 4.28. The van der Waals surface area contributed by atoms with Gasteiger partial charge in [-0.1, -0.05) is 24.3 Å². The molecule has 3 aromatic rings. The lowest BCUT2D eigenvalue weighted by atomic mass is 10.0. The van der Waals surface area contributed by atoms with Gasteiger partial charge in [-0.15, -0.1) is 11.3 Å². The predicted octanol–water partition coefficient (Wildman–Crippen LogP) is 2.65. The van der Waals surface area contributed by atoms with Crippen LogP contribution in [0.15, 0.2) is 47.8 Å². The molecule has 6 nitrogen and oxygen atoms in total. The van der Waals surface area contributed by atoms with E-state index in [4.69, 9.17) is 0 Å². The van der Waals surface area contributed by atoms with Crippen molar-refractivity contribution in [2.45, 2.75) is 19.4 Å². The first kappa shape index (κ1) is 18.4. The van der Waals surface area contributed by atoms with Crippen molar-refractivity contribution >= 4 is 23.2 Å². The lowest BCUT2D eigenvalue weighted by Gasteiger charge is -2.27. The Hall–Kier alpha value is -2.93. The van der Waals surface area contributed by atoms with Crippen LogP contribution in [-0.2, 0) is 26.4 Å². The maximum absolute atomic E-state index is 12.7. The summed E-state index contributed by atoms with van der Waals surface area (Å²) in [5.41, 5.74) is 3.90. The van der Waals surface area contributed by atoms with Crippen LogP contribution in [-0.4, -0.2) is 39.6 Å². The molecule has 0 radical (unpaired) electrons. The van der Waals surface area contributed by atoms with Crippen LogP contribution in [0.5, 0.6) is 0 Å². The molecule has 4 rings (SSSR count). The Balaban J connectivity index is 1.42. The van der Waals surface area contributed by atoms with Gasteiger partial charge in [-0.3, -0.25) is 14.3 Å². The van der Waals surface area contributed by atoms with Gasteiger partial charge >= 0.3 is 0 Å². The number of rotatable bonds is 5. The second kappa shape index (κ2) is 7.98. The normalized spacial score (nSPS) is 13.2. The summed E-state index contributed by atoms with van der Waals surface area (Å²) in [6, 6.07) is 13.0. The second-order valence-electron chi connectivity index (χ2n) is 6.82. The van der Waals surface area contributed by atoms with E-state index in [0.29, 0.717) is 31.6 Å². The molecule has 0 fully saturated rings. The number of benzene rings is 1.